The number of hydrogen-bond acceptors (Lipinski definition) is 5. The molecule has 1 N–H and O–H groups in total. The molecule has 1 saturated heterocycles. The average molecular weight is 392 g/mol. The summed E-state index contributed by atoms with van der Waals surface area (Å²) >= 11 is 1.58. The van der Waals surface area contributed by atoms with Gasteiger partial charge in [-0.3, -0.25) is 9.69 Å². The summed E-state index contributed by atoms with van der Waals surface area (Å²) < 4.78 is 6.42. The smallest absolute Gasteiger partial charge is 0.276 e. The molecule has 1 aliphatic heterocycles. The van der Waals surface area contributed by atoms with Crippen LogP contribution < -0.4 is 5.32 Å². The molecule has 6 nitrogen and oxygen atoms in total. The zero-order valence-electron chi connectivity index (χ0n) is 15.6. The Bertz CT molecular complexity index is 1060. The number of likely N-dealkylation sites (N-methyl/N-ethyl adjacent to an activating group) is 1. The van der Waals surface area contributed by atoms with Gasteiger partial charge in [0.1, 0.15) is 11.7 Å². The summed E-state index contributed by atoms with van der Waals surface area (Å²) in [6, 6.07) is 15.7. The van der Waals surface area contributed by atoms with Crippen molar-refractivity contribution in [3.63, 3.8) is 0 Å². The minimum atomic E-state index is -0.197. The van der Waals surface area contributed by atoms with Crippen LogP contribution in [0.2, 0.25) is 0 Å². The van der Waals surface area contributed by atoms with E-state index in [9.17, 15) is 4.79 Å². The summed E-state index contributed by atoms with van der Waals surface area (Å²) in [5, 5.41) is 3.16. The largest absolute Gasteiger partial charge is 0.382 e. The molecule has 1 aromatic heterocycles. The highest BCUT2D eigenvalue weighted by atomic mass is 32.1. The molecule has 0 aliphatic carbocycles. The highest BCUT2D eigenvalue weighted by molar-refractivity contribution is 7.16. The highest BCUT2D eigenvalue weighted by Gasteiger charge is 2.29. The van der Waals surface area contributed by atoms with E-state index in [4.69, 9.17) is 9.73 Å². The van der Waals surface area contributed by atoms with Gasteiger partial charge in [0.05, 0.1) is 22.3 Å². The Labute approximate surface area is 167 Å². The minimum Gasteiger partial charge on any atom is -0.382 e. The minimum absolute atomic E-state index is 0.118. The molecular formula is C21H20N4O2S. The van der Waals surface area contributed by atoms with Crippen LogP contribution in [0.4, 0.5) is 0 Å². The van der Waals surface area contributed by atoms with E-state index in [1.807, 2.05) is 60.1 Å². The molecule has 1 fully saturated rings. The number of fused-ring (bicyclic) bond motifs is 1. The number of thiazole rings is 1. The standard InChI is InChI=1S/C21H20N4O2S/c1-25-20(26)17(10-14-8-9-16-19(11-14)28-13-22-16)23-21(25)24-18(12-27-2)15-6-4-3-5-7-15/h3-11,13,18H,12H2,1-2H3,(H,23,24)/b17-10-. The molecule has 2 aromatic carbocycles. The lowest BCUT2D eigenvalue weighted by atomic mass is 10.1. The average Bonchev–Trinajstić information content (AvgIpc) is 3.28. The van der Waals surface area contributed by atoms with Gasteiger partial charge in [0.2, 0.25) is 5.96 Å². The molecule has 1 aliphatic rings. The second kappa shape index (κ2) is 7.92. The highest BCUT2D eigenvalue weighted by Crippen LogP contribution is 2.23. The molecule has 0 radical (unpaired) electrons. The molecule has 0 bridgehead atoms. The lowest BCUT2D eigenvalue weighted by Gasteiger charge is -2.15. The van der Waals surface area contributed by atoms with Crippen molar-refractivity contribution in [2.24, 2.45) is 4.99 Å². The second-order valence-electron chi connectivity index (χ2n) is 6.46. The van der Waals surface area contributed by atoms with E-state index in [1.165, 1.54) is 4.90 Å². The first-order valence-electron chi connectivity index (χ1n) is 8.87. The van der Waals surface area contributed by atoms with Gasteiger partial charge in [-0.2, -0.15) is 0 Å². The Morgan fingerprint density at radius 1 is 1.29 bits per heavy atom. The van der Waals surface area contributed by atoms with E-state index in [1.54, 1.807) is 25.5 Å². The number of nitrogens with zero attached hydrogens (tertiary/aromatic N) is 3. The first-order chi connectivity index (χ1) is 13.7. The lowest BCUT2D eigenvalue weighted by molar-refractivity contribution is -0.121. The molecule has 142 valence electrons. The van der Waals surface area contributed by atoms with Gasteiger partial charge >= 0.3 is 0 Å². The Morgan fingerprint density at radius 3 is 2.89 bits per heavy atom. The Kier molecular flexibility index (Phi) is 5.18. The van der Waals surface area contributed by atoms with Gasteiger partial charge in [-0.05, 0) is 29.3 Å². The summed E-state index contributed by atoms with van der Waals surface area (Å²) in [6.45, 7) is 0.429. The van der Waals surface area contributed by atoms with Gasteiger partial charge in [-0.15, -0.1) is 11.3 Å². The van der Waals surface area contributed by atoms with E-state index < -0.39 is 0 Å². The van der Waals surface area contributed by atoms with Crippen LogP contribution in [-0.2, 0) is 9.53 Å². The van der Waals surface area contributed by atoms with Gasteiger partial charge < -0.3 is 10.1 Å². The summed E-state index contributed by atoms with van der Waals surface area (Å²) in [7, 11) is 3.37. The predicted molar refractivity (Wildman–Crippen MR) is 112 cm³/mol. The molecule has 28 heavy (non-hydrogen) atoms. The van der Waals surface area contributed by atoms with Crippen molar-refractivity contribution in [1.82, 2.24) is 15.2 Å². The van der Waals surface area contributed by atoms with Crippen molar-refractivity contribution in [3.05, 3.63) is 70.9 Å². The third kappa shape index (κ3) is 3.67. The fourth-order valence-electron chi connectivity index (χ4n) is 3.07. The Morgan fingerprint density at radius 2 is 2.11 bits per heavy atom. The quantitative estimate of drug-likeness (QED) is 0.676. The van der Waals surface area contributed by atoms with Crippen molar-refractivity contribution < 1.29 is 9.53 Å². The number of hydrogen-bond donors (Lipinski definition) is 1. The summed E-state index contributed by atoms with van der Waals surface area (Å²) in [5.41, 5.74) is 5.25. The van der Waals surface area contributed by atoms with Crippen LogP contribution in [0.5, 0.6) is 0 Å². The summed E-state index contributed by atoms with van der Waals surface area (Å²) in [4.78, 5) is 23.2. The second-order valence-corrected chi connectivity index (χ2v) is 7.35. The van der Waals surface area contributed by atoms with Crippen LogP contribution in [0.3, 0.4) is 0 Å². The van der Waals surface area contributed by atoms with Crippen molar-refractivity contribution in [1.29, 1.82) is 0 Å². The fraction of sp³-hybridized carbons (Fsp3) is 0.190. The SMILES string of the molecule is COCC(N=C1N/C(=C\c2ccc3ncsc3c2)C(=O)N1C)c1ccccc1. The molecule has 1 amide bonds. The van der Waals surface area contributed by atoms with Crippen molar-refractivity contribution in [3.8, 4) is 0 Å². The number of nitrogens with one attached hydrogen (secondary N) is 1. The van der Waals surface area contributed by atoms with Crippen LogP contribution in [-0.4, -0.2) is 42.5 Å². The molecule has 7 heteroatoms. The van der Waals surface area contributed by atoms with Gasteiger partial charge in [-0.25, -0.2) is 9.98 Å². The monoisotopic (exact) mass is 392 g/mol. The van der Waals surface area contributed by atoms with E-state index in [0.29, 0.717) is 18.3 Å². The molecule has 4 rings (SSSR count). The number of aromatic nitrogens is 1. The van der Waals surface area contributed by atoms with Crippen LogP contribution in [0, 0.1) is 0 Å². The molecular weight excluding hydrogens is 372 g/mol. The van der Waals surface area contributed by atoms with Crippen molar-refractivity contribution in [2.45, 2.75) is 6.04 Å². The zero-order chi connectivity index (χ0) is 19.5. The van der Waals surface area contributed by atoms with Gasteiger partial charge in [0, 0.05) is 14.2 Å². The topological polar surface area (TPSA) is 66.8 Å². The molecule has 2 heterocycles. The van der Waals surface area contributed by atoms with E-state index >= 15 is 0 Å². The van der Waals surface area contributed by atoms with Gasteiger partial charge in [-0.1, -0.05) is 36.4 Å². The number of carbonyl (C=O) groups excluding carboxylic acids is 1. The number of aliphatic imine (C=N–C) groups is 1. The van der Waals surface area contributed by atoms with Gasteiger partial charge in [0.15, 0.2) is 0 Å². The van der Waals surface area contributed by atoms with Crippen LogP contribution in [0.25, 0.3) is 16.3 Å². The Balaban J connectivity index is 1.62. The summed E-state index contributed by atoms with van der Waals surface area (Å²) in [5.74, 6) is 0.397. The maximum atomic E-state index is 12.7. The predicted octanol–water partition coefficient (Wildman–Crippen LogP) is 3.44. The maximum absolute atomic E-state index is 12.7. The number of rotatable bonds is 5. The van der Waals surface area contributed by atoms with Crippen molar-refractivity contribution in [2.75, 3.05) is 20.8 Å². The normalized spacial score (nSPS) is 18.2. The summed E-state index contributed by atoms with van der Waals surface area (Å²) in [6.07, 6.45) is 1.84. The third-order valence-corrected chi connectivity index (χ3v) is 5.34. The molecule has 1 unspecified atom stereocenters. The van der Waals surface area contributed by atoms with E-state index in [2.05, 4.69) is 10.3 Å². The van der Waals surface area contributed by atoms with Crippen LogP contribution >= 0.6 is 11.3 Å². The molecule has 0 saturated carbocycles. The first kappa shape index (κ1) is 18.3. The first-order valence-corrected chi connectivity index (χ1v) is 9.75. The number of amides is 1. The molecule has 1 atom stereocenters. The molecule has 0 spiro atoms. The number of benzene rings is 2. The Hall–Kier alpha value is -3.03. The number of methoxy groups -OCH3 is 1. The fourth-order valence-corrected chi connectivity index (χ4v) is 3.79. The number of ether oxygens (including phenoxy) is 1. The lowest BCUT2D eigenvalue weighted by Crippen LogP contribution is -2.29. The zero-order valence-corrected chi connectivity index (χ0v) is 16.4. The number of carbonyl (C=O) groups is 1. The van der Waals surface area contributed by atoms with Crippen molar-refractivity contribution >= 4 is 39.5 Å². The molecule has 3 aromatic rings. The van der Waals surface area contributed by atoms with Crippen LogP contribution in [0.1, 0.15) is 17.2 Å². The van der Waals surface area contributed by atoms with Gasteiger partial charge in [0.25, 0.3) is 5.91 Å². The van der Waals surface area contributed by atoms with E-state index in [0.717, 1.165) is 21.3 Å². The van der Waals surface area contributed by atoms with Crippen LogP contribution in [0.15, 0.2) is 64.7 Å². The maximum Gasteiger partial charge on any atom is 0.276 e. The third-order valence-electron chi connectivity index (χ3n) is 4.55. The van der Waals surface area contributed by atoms with E-state index in [-0.39, 0.29) is 11.9 Å². The number of guanidine groups is 1.